The molecule has 0 aliphatic carbocycles. The molecule has 2 saturated heterocycles. The maximum absolute atomic E-state index is 6.54. The van der Waals surface area contributed by atoms with Crippen LogP contribution >= 0.6 is 0 Å². The highest BCUT2D eigenvalue weighted by molar-refractivity contribution is 6.74. The van der Waals surface area contributed by atoms with E-state index in [0.29, 0.717) is 12.0 Å². The molecular formula is C13H26O3Si. The van der Waals surface area contributed by atoms with Crippen molar-refractivity contribution < 1.29 is 13.9 Å². The first kappa shape index (κ1) is 13.5. The van der Waals surface area contributed by atoms with Crippen molar-refractivity contribution in [2.24, 2.45) is 5.92 Å². The van der Waals surface area contributed by atoms with Gasteiger partial charge in [-0.3, -0.25) is 0 Å². The van der Waals surface area contributed by atoms with Crippen LogP contribution in [-0.2, 0) is 13.9 Å². The van der Waals surface area contributed by atoms with Gasteiger partial charge in [0.1, 0.15) is 0 Å². The summed E-state index contributed by atoms with van der Waals surface area (Å²) in [6.45, 7) is 13.1. The minimum absolute atomic E-state index is 0.00137. The van der Waals surface area contributed by atoms with Gasteiger partial charge in [-0.15, -0.1) is 0 Å². The smallest absolute Gasteiger partial charge is 0.192 e. The summed E-state index contributed by atoms with van der Waals surface area (Å²) in [5.74, 6) is 0.456. The molecule has 0 amide bonds. The van der Waals surface area contributed by atoms with Gasteiger partial charge in [-0.1, -0.05) is 20.8 Å². The van der Waals surface area contributed by atoms with E-state index in [9.17, 15) is 0 Å². The molecule has 2 aliphatic rings. The van der Waals surface area contributed by atoms with Crippen LogP contribution in [0.5, 0.6) is 0 Å². The summed E-state index contributed by atoms with van der Waals surface area (Å²) in [7, 11) is -1.66. The summed E-state index contributed by atoms with van der Waals surface area (Å²) in [5, 5.41) is 0.278. The number of rotatable bonds is 2. The van der Waals surface area contributed by atoms with E-state index in [1.54, 1.807) is 0 Å². The summed E-state index contributed by atoms with van der Waals surface area (Å²) in [6.07, 6.45) is 2.46. The molecule has 2 heterocycles. The largest absolute Gasteiger partial charge is 0.413 e. The maximum Gasteiger partial charge on any atom is 0.192 e. The molecule has 3 atom stereocenters. The summed E-state index contributed by atoms with van der Waals surface area (Å²) < 4.78 is 17.8. The third-order valence-electron chi connectivity index (χ3n) is 4.50. The van der Waals surface area contributed by atoms with Gasteiger partial charge >= 0.3 is 0 Å². The van der Waals surface area contributed by atoms with Gasteiger partial charge in [0.25, 0.3) is 0 Å². The van der Waals surface area contributed by atoms with E-state index in [1.165, 1.54) is 0 Å². The van der Waals surface area contributed by atoms with Crippen LogP contribution < -0.4 is 0 Å². The van der Waals surface area contributed by atoms with Crippen molar-refractivity contribution in [2.45, 2.75) is 64.1 Å². The molecule has 17 heavy (non-hydrogen) atoms. The Morgan fingerprint density at radius 3 is 2.24 bits per heavy atom. The fourth-order valence-electron chi connectivity index (χ4n) is 2.33. The van der Waals surface area contributed by atoms with E-state index in [1.807, 2.05) is 0 Å². The summed E-state index contributed by atoms with van der Waals surface area (Å²) in [4.78, 5) is 0. The Kier molecular flexibility index (Phi) is 3.70. The number of ether oxygens (including phenoxy) is 2. The number of fused-ring (bicyclic) bond motifs is 1. The minimum atomic E-state index is -1.66. The summed E-state index contributed by atoms with van der Waals surface area (Å²) in [6, 6.07) is 0. The highest BCUT2D eigenvalue weighted by atomic mass is 28.4. The molecule has 100 valence electrons. The molecule has 0 radical (unpaired) electrons. The van der Waals surface area contributed by atoms with Crippen LogP contribution in [0.1, 0.15) is 33.6 Å². The molecule has 0 aromatic heterocycles. The van der Waals surface area contributed by atoms with Crippen molar-refractivity contribution in [3.63, 3.8) is 0 Å². The molecular weight excluding hydrogens is 232 g/mol. The quantitative estimate of drug-likeness (QED) is 0.712. The monoisotopic (exact) mass is 258 g/mol. The molecule has 2 fully saturated rings. The highest BCUT2D eigenvalue weighted by Gasteiger charge is 2.45. The van der Waals surface area contributed by atoms with Crippen LogP contribution in [0.15, 0.2) is 0 Å². The van der Waals surface area contributed by atoms with Crippen LogP contribution in [0.4, 0.5) is 0 Å². The van der Waals surface area contributed by atoms with Gasteiger partial charge in [-0.2, -0.15) is 0 Å². The van der Waals surface area contributed by atoms with Gasteiger partial charge in [0.2, 0.25) is 0 Å². The van der Waals surface area contributed by atoms with Gasteiger partial charge in [-0.05, 0) is 31.0 Å². The van der Waals surface area contributed by atoms with Gasteiger partial charge in [0.15, 0.2) is 14.6 Å². The third kappa shape index (κ3) is 2.75. The first-order chi connectivity index (χ1) is 7.81. The lowest BCUT2D eigenvalue weighted by Gasteiger charge is -2.43. The fourth-order valence-corrected chi connectivity index (χ4v) is 3.73. The van der Waals surface area contributed by atoms with Crippen molar-refractivity contribution in [2.75, 3.05) is 13.2 Å². The molecule has 2 aliphatic heterocycles. The Balaban J connectivity index is 2.03. The minimum Gasteiger partial charge on any atom is -0.413 e. The van der Waals surface area contributed by atoms with E-state index < -0.39 is 8.32 Å². The van der Waals surface area contributed by atoms with Gasteiger partial charge < -0.3 is 13.9 Å². The van der Waals surface area contributed by atoms with E-state index >= 15 is 0 Å². The second kappa shape index (κ2) is 4.65. The van der Waals surface area contributed by atoms with Gasteiger partial charge in [-0.25, -0.2) is 0 Å². The highest BCUT2D eigenvalue weighted by Crippen LogP contribution is 2.41. The SMILES string of the molecule is CC(C)(C)[Si](C)(C)O[C@H]1CCO[C@H]2OCC[C@H]21. The zero-order chi connectivity index (χ0) is 12.7. The van der Waals surface area contributed by atoms with Crippen molar-refractivity contribution in [3.05, 3.63) is 0 Å². The third-order valence-corrected chi connectivity index (χ3v) is 9.00. The molecule has 0 unspecified atom stereocenters. The normalized spacial score (nSPS) is 34.8. The van der Waals surface area contributed by atoms with Crippen LogP contribution in [-0.4, -0.2) is 33.9 Å². The van der Waals surface area contributed by atoms with E-state index in [0.717, 1.165) is 26.1 Å². The second-order valence-corrected chi connectivity index (χ2v) is 11.5. The number of hydrogen-bond acceptors (Lipinski definition) is 3. The summed E-state index contributed by atoms with van der Waals surface area (Å²) in [5.41, 5.74) is 0. The van der Waals surface area contributed by atoms with Crippen molar-refractivity contribution in [1.29, 1.82) is 0 Å². The maximum atomic E-state index is 6.54. The lowest BCUT2D eigenvalue weighted by Crippen LogP contribution is -2.49. The predicted octanol–water partition coefficient (Wildman–Crippen LogP) is 3.16. The zero-order valence-corrected chi connectivity index (χ0v) is 12.8. The molecule has 0 aromatic carbocycles. The van der Waals surface area contributed by atoms with E-state index in [4.69, 9.17) is 13.9 Å². The lowest BCUT2D eigenvalue weighted by molar-refractivity contribution is -0.177. The van der Waals surface area contributed by atoms with Gasteiger partial charge in [0.05, 0.1) is 19.3 Å². The average Bonchev–Trinajstić information content (AvgIpc) is 2.64. The Bertz CT molecular complexity index is 272. The topological polar surface area (TPSA) is 27.7 Å². The van der Waals surface area contributed by atoms with Gasteiger partial charge in [0, 0.05) is 5.92 Å². The Morgan fingerprint density at radius 1 is 1.06 bits per heavy atom. The summed E-state index contributed by atoms with van der Waals surface area (Å²) >= 11 is 0. The van der Waals surface area contributed by atoms with Crippen molar-refractivity contribution >= 4 is 8.32 Å². The molecule has 0 saturated carbocycles. The Labute approximate surface area is 106 Å². The molecule has 0 bridgehead atoms. The Hall–Kier alpha value is 0.0969. The predicted molar refractivity (Wildman–Crippen MR) is 70.5 cm³/mol. The fraction of sp³-hybridized carbons (Fsp3) is 1.00. The molecule has 0 N–H and O–H groups in total. The van der Waals surface area contributed by atoms with E-state index in [2.05, 4.69) is 33.9 Å². The van der Waals surface area contributed by atoms with E-state index in [-0.39, 0.29) is 11.3 Å². The zero-order valence-electron chi connectivity index (χ0n) is 11.8. The molecule has 4 heteroatoms. The van der Waals surface area contributed by atoms with Crippen LogP contribution in [0.25, 0.3) is 0 Å². The van der Waals surface area contributed by atoms with Crippen molar-refractivity contribution in [3.8, 4) is 0 Å². The molecule has 0 spiro atoms. The van der Waals surface area contributed by atoms with Crippen LogP contribution in [0.3, 0.4) is 0 Å². The standard InChI is InChI=1S/C13H26O3Si/c1-13(2,3)17(4,5)16-11-7-9-15-12-10(11)6-8-14-12/h10-12H,6-9H2,1-5H3/t10-,11-,12+/m0/s1. The first-order valence-corrected chi connectivity index (χ1v) is 9.63. The second-order valence-electron chi connectivity index (χ2n) is 6.77. The first-order valence-electron chi connectivity index (χ1n) is 6.72. The number of hydrogen-bond donors (Lipinski definition) is 0. The van der Waals surface area contributed by atoms with Crippen molar-refractivity contribution in [1.82, 2.24) is 0 Å². The average molecular weight is 258 g/mol. The van der Waals surface area contributed by atoms with Crippen LogP contribution in [0, 0.1) is 5.92 Å². The Morgan fingerprint density at radius 2 is 1.65 bits per heavy atom. The molecule has 3 nitrogen and oxygen atoms in total. The molecule has 0 aromatic rings. The molecule has 2 rings (SSSR count). The lowest BCUT2D eigenvalue weighted by atomic mass is 9.96. The van der Waals surface area contributed by atoms with Crippen LogP contribution in [0.2, 0.25) is 18.1 Å².